The number of hydrogen-bond acceptors (Lipinski definition) is 5. The third-order valence-electron chi connectivity index (χ3n) is 5.00. The number of methoxy groups -OCH3 is 2. The van der Waals surface area contributed by atoms with Crippen LogP contribution in [0.15, 0.2) is 34.9 Å². The summed E-state index contributed by atoms with van der Waals surface area (Å²) in [6, 6.07) is 7.64. The van der Waals surface area contributed by atoms with E-state index in [9.17, 15) is 4.79 Å². The fraction of sp³-hybridized carbons (Fsp3) is 0.476. The van der Waals surface area contributed by atoms with Crippen molar-refractivity contribution in [1.29, 1.82) is 0 Å². The Balaban J connectivity index is 1.44. The molecule has 146 valence electrons. The molecule has 0 fully saturated rings. The number of amides is 1. The van der Waals surface area contributed by atoms with Gasteiger partial charge >= 0.3 is 0 Å². The number of furan rings is 1. The maximum absolute atomic E-state index is 12.6. The van der Waals surface area contributed by atoms with E-state index in [2.05, 4.69) is 11.9 Å². The van der Waals surface area contributed by atoms with Gasteiger partial charge in [-0.25, -0.2) is 0 Å². The molecular weight excluding hydrogens is 344 g/mol. The van der Waals surface area contributed by atoms with Crippen molar-refractivity contribution in [2.75, 3.05) is 40.9 Å². The molecule has 1 aliphatic heterocycles. The summed E-state index contributed by atoms with van der Waals surface area (Å²) in [6.07, 6.45) is 4.69. The molecule has 0 N–H and O–H groups in total. The molecule has 6 nitrogen and oxygen atoms in total. The van der Waals surface area contributed by atoms with Crippen molar-refractivity contribution in [2.24, 2.45) is 0 Å². The molecule has 1 aromatic heterocycles. The van der Waals surface area contributed by atoms with Crippen LogP contribution in [0.5, 0.6) is 11.5 Å². The molecule has 0 atom stereocenters. The zero-order chi connectivity index (χ0) is 19.2. The average Bonchev–Trinajstić information content (AvgIpc) is 3.29. The Hall–Kier alpha value is -2.47. The number of fused-ring (bicyclic) bond motifs is 1. The number of aryl methyl sites for hydroxylation is 1. The summed E-state index contributed by atoms with van der Waals surface area (Å²) in [6.45, 7) is 3.37. The van der Waals surface area contributed by atoms with Crippen LogP contribution in [-0.2, 0) is 13.0 Å². The summed E-state index contributed by atoms with van der Waals surface area (Å²) in [5.41, 5.74) is 1.73. The first-order valence-corrected chi connectivity index (χ1v) is 9.37. The highest BCUT2D eigenvalue weighted by molar-refractivity contribution is 5.99. The van der Waals surface area contributed by atoms with E-state index in [1.165, 1.54) is 0 Å². The second-order valence-corrected chi connectivity index (χ2v) is 6.93. The normalized spacial score (nSPS) is 13.3. The molecule has 0 saturated carbocycles. The minimum absolute atomic E-state index is 0.0754. The maximum Gasteiger partial charge on any atom is 0.254 e. The van der Waals surface area contributed by atoms with Crippen molar-refractivity contribution < 1.29 is 18.7 Å². The van der Waals surface area contributed by atoms with Gasteiger partial charge in [0.15, 0.2) is 11.5 Å². The standard InChI is InChI=1S/C21H28N2O4/c1-22(9-4-7-17-8-5-12-27-17)10-6-11-23-15-16-13-19(25-2)20(26-3)14-18(16)21(23)24/h5,8,12-14H,4,6-7,9-11,15H2,1-3H3. The van der Waals surface area contributed by atoms with Gasteiger partial charge in [-0.05, 0) is 62.8 Å². The predicted molar refractivity (Wildman–Crippen MR) is 103 cm³/mol. The van der Waals surface area contributed by atoms with Crippen LogP contribution in [0, 0.1) is 0 Å². The number of nitrogens with zero attached hydrogens (tertiary/aromatic N) is 2. The van der Waals surface area contributed by atoms with E-state index in [-0.39, 0.29) is 5.91 Å². The molecule has 2 heterocycles. The quantitative estimate of drug-likeness (QED) is 0.641. The second kappa shape index (κ2) is 8.95. The molecule has 0 unspecified atom stereocenters. The second-order valence-electron chi connectivity index (χ2n) is 6.93. The Labute approximate surface area is 160 Å². The van der Waals surface area contributed by atoms with Gasteiger partial charge in [0.2, 0.25) is 0 Å². The molecule has 0 radical (unpaired) electrons. The third-order valence-corrected chi connectivity index (χ3v) is 5.00. The summed E-state index contributed by atoms with van der Waals surface area (Å²) < 4.78 is 16.0. The first kappa shape index (κ1) is 19.3. The van der Waals surface area contributed by atoms with Crippen molar-refractivity contribution in [2.45, 2.75) is 25.8 Å². The third kappa shape index (κ3) is 4.63. The van der Waals surface area contributed by atoms with Crippen molar-refractivity contribution in [3.63, 3.8) is 0 Å². The van der Waals surface area contributed by atoms with E-state index in [0.717, 1.165) is 55.8 Å². The van der Waals surface area contributed by atoms with Crippen LogP contribution in [0.2, 0.25) is 0 Å². The van der Waals surface area contributed by atoms with Crippen molar-refractivity contribution >= 4 is 5.91 Å². The summed E-state index contributed by atoms with van der Waals surface area (Å²) in [5.74, 6) is 2.38. The molecule has 3 rings (SSSR count). The van der Waals surface area contributed by atoms with Gasteiger partial charge in [-0.15, -0.1) is 0 Å². The Morgan fingerprint density at radius 3 is 2.59 bits per heavy atom. The van der Waals surface area contributed by atoms with Gasteiger partial charge < -0.3 is 23.7 Å². The Morgan fingerprint density at radius 2 is 1.89 bits per heavy atom. The lowest BCUT2D eigenvalue weighted by molar-refractivity contribution is 0.0772. The summed E-state index contributed by atoms with van der Waals surface area (Å²) in [5, 5.41) is 0. The van der Waals surface area contributed by atoms with Gasteiger partial charge in [0.1, 0.15) is 5.76 Å². The SMILES string of the molecule is COc1cc2c(cc1OC)C(=O)N(CCCN(C)CCCc1ccco1)C2. The van der Waals surface area contributed by atoms with Gasteiger partial charge in [-0.3, -0.25) is 4.79 Å². The Bertz CT molecular complexity index is 758. The van der Waals surface area contributed by atoms with Crippen LogP contribution in [0.3, 0.4) is 0 Å². The lowest BCUT2D eigenvalue weighted by atomic mass is 10.1. The van der Waals surface area contributed by atoms with Gasteiger partial charge in [-0.2, -0.15) is 0 Å². The molecule has 0 bridgehead atoms. The average molecular weight is 372 g/mol. The van der Waals surface area contributed by atoms with Crippen LogP contribution in [0.25, 0.3) is 0 Å². The molecule has 1 amide bonds. The van der Waals surface area contributed by atoms with E-state index in [4.69, 9.17) is 13.9 Å². The van der Waals surface area contributed by atoms with Crippen LogP contribution in [-0.4, -0.2) is 56.6 Å². The van der Waals surface area contributed by atoms with Crippen LogP contribution >= 0.6 is 0 Å². The number of benzene rings is 1. The molecule has 0 spiro atoms. The first-order chi connectivity index (χ1) is 13.1. The van der Waals surface area contributed by atoms with E-state index < -0.39 is 0 Å². The summed E-state index contributed by atoms with van der Waals surface area (Å²) in [7, 11) is 5.32. The van der Waals surface area contributed by atoms with Crippen molar-refractivity contribution in [3.8, 4) is 11.5 Å². The van der Waals surface area contributed by atoms with Gasteiger partial charge in [-0.1, -0.05) is 0 Å². The topological polar surface area (TPSA) is 55.2 Å². The smallest absolute Gasteiger partial charge is 0.254 e. The molecule has 0 aliphatic carbocycles. The fourth-order valence-electron chi connectivity index (χ4n) is 3.50. The van der Waals surface area contributed by atoms with E-state index >= 15 is 0 Å². The highest BCUT2D eigenvalue weighted by atomic mass is 16.5. The lowest BCUT2D eigenvalue weighted by Crippen LogP contribution is -2.29. The van der Waals surface area contributed by atoms with E-state index in [0.29, 0.717) is 18.0 Å². The van der Waals surface area contributed by atoms with Crippen LogP contribution in [0.4, 0.5) is 0 Å². The number of hydrogen-bond donors (Lipinski definition) is 0. The molecule has 2 aromatic rings. The van der Waals surface area contributed by atoms with Crippen molar-refractivity contribution in [1.82, 2.24) is 9.80 Å². The monoisotopic (exact) mass is 372 g/mol. The van der Waals surface area contributed by atoms with E-state index in [1.54, 1.807) is 26.5 Å². The van der Waals surface area contributed by atoms with Gasteiger partial charge in [0.25, 0.3) is 5.91 Å². The highest BCUT2D eigenvalue weighted by Gasteiger charge is 2.29. The van der Waals surface area contributed by atoms with E-state index in [1.807, 2.05) is 23.1 Å². The molecule has 1 aromatic carbocycles. The number of rotatable bonds is 10. The molecule has 0 saturated heterocycles. The minimum Gasteiger partial charge on any atom is -0.493 e. The summed E-state index contributed by atoms with van der Waals surface area (Å²) >= 11 is 0. The fourth-order valence-corrected chi connectivity index (χ4v) is 3.50. The van der Waals surface area contributed by atoms with Crippen LogP contribution in [0.1, 0.15) is 34.5 Å². The number of carbonyl (C=O) groups is 1. The molecule has 6 heteroatoms. The maximum atomic E-state index is 12.6. The molecule has 27 heavy (non-hydrogen) atoms. The summed E-state index contributed by atoms with van der Waals surface area (Å²) in [4.78, 5) is 16.9. The van der Waals surface area contributed by atoms with Gasteiger partial charge in [0.05, 0.1) is 20.5 Å². The number of ether oxygens (including phenoxy) is 2. The predicted octanol–water partition coefficient (Wildman–Crippen LogP) is 3.21. The minimum atomic E-state index is 0.0754. The lowest BCUT2D eigenvalue weighted by Gasteiger charge is -2.19. The molecule has 1 aliphatic rings. The Morgan fingerprint density at radius 1 is 1.15 bits per heavy atom. The molecular formula is C21H28N2O4. The van der Waals surface area contributed by atoms with Crippen molar-refractivity contribution in [3.05, 3.63) is 47.4 Å². The number of carbonyl (C=O) groups excluding carboxylic acids is 1. The highest BCUT2D eigenvalue weighted by Crippen LogP contribution is 2.34. The van der Waals surface area contributed by atoms with Gasteiger partial charge in [0, 0.05) is 25.1 Å². The zero-order valence-corrected chi connectivity index (χ0v) is 16.4. The first-order valence-electron chi connectivity index (χ1n) is 9.37. The Kier molecular flexibility index (Phi) is 6.40. The van der Waals surface area contributed by atoms with Crippen LogP contribution < -0.4 is 9.47 Å². The zero-order valence-electron chi connectivity index (χ0n) is 16.4. The largest absolute Gasteiger partial charge is 0.493 e.